The summed E-state index contributed by atoms with van der Waals surface area (Å²) >= 11 is 0. The van der Waals surface area contributed by atoms with Gasteiger partial charge in [0.2, 0.25) is 0 Å². The fourth-order valence-electron chi connectivity index (χ4n) is 1.03. The minimum absolute atomic E-state index is 0.398. The van der Waals surface area contributed by atoms with Crippen LogP contribution in [0.1, 0.15) is 13.3 Å². The summed E-state index contributed by atoms with van der Waals surface area (Å²) in [7, 11) is 7.88. The lowest BCUT2D eigenvalue weighted by Gasteiger charge is -2.22. The molecule has 0 aliphatic carbocycles. The Morgan fingerprint density at radius 1 is 1.50 bits per heavy atom. The Morgan fingerprint density at radius 3 is 2.90 bits per heavy atom. The SMILES string of the molecule is [B]C1(C)CCN(C)CCO1. The maximum Gasteiger partial charge on any atom is 0.113 e. The zero-order chi connectivity index (χ0) is 7.61. The van der Waals surface area contributed by atoms with Crippen LogP contribution in [0.4, 0.5) is 0 Å². The largest absolute Gasteiger partial charge is 0.384 e. The van der Waals surface area contributed by atoms with Crippen LogP contribution in [0, 0.1) is 0 Å². The molecule has 1 saturated heterocycles. The molecule has 0 bridgehead atoms. The zero-order valence-electron chi connectivity index (χ0n) is 6.76. The second-order valence-corrected chi connectivity index (χ2v) is 3.21. The van der Waals surface area contributed by atoms with Crippen molar-refractivity contribution in [2.75, 3.05) is 26.7 Å². The summed E-state index contributed by atoms with van der Waals surface area (Å²) in [4.78, 5) is 2.23. The Bertz CT molecular complexity index is 116. The smallest absolute Gasteiger partial charge is 0.113 e. The van der Waals surface area contributed by atoms with Crippen LogP contribution in [0.2, 0.25) is 0 Å². The summed E-state index contributed by atoms with van der Waals surface area (Å²) in [6.45, 7) is 4.72. The molecule has 0 N–H and O–H groups in total. The van der Waals surface area contributed by atoms with Gasteiger partial charge in [-0.3, -0.25) is 0 Å². The second kappa shape index (κ2) is 2.93. The monoisotopic (exact) mass is 139 g/mol. The summed E-state index contributed by atoms with van der Waals surface area (Å²) in [6, 6.07) is 0. The van der Waals surface area contributed by atoms with Crippen LogP contribution in [0.25, 0.3) is 0 Å². The third-order valence-electron chi connectivity index (χ3n) is 1.89. The van der Waals surface area contributed by atoms with E-state index in [9.17, 15) is 0 Å². The van der Waals surface area contributed by atoms with Gasteiger partial charge in [0.25, 0.3) is 0 Å². The lowest BCUT2D eigenvalue weighted by molar-refractivity contribution is 0.0418. The molecular weight excluding hydrogens is 125 g/mol. The predicted octanol–water partition coefficient (Wildman–Crippen LogP) is 0.223. The summed E-state index contributed by atoms with van der Waals surface area (Å²) in [5.74, 6) is 0. The number of nitrogens with zero attached hydrogens (tertiary/aromatic N) is 1. The first-order valence-corrected chi connectivity index (χ1v) is 3.71. The molecular formula is C7H14BNO. The Hall–Kier alpha value is -0.0151. The number of hydrogen-bond donors (Lipinski definition) is 0. The maximum atomic E-state index is 5.79. The van der Waals surface area contributed by atoms with Gasteiger partial charge in [-0.15, -0.1) is 0 Å². The Balaban J connectivity index is 2.41. The van der Waals surface area contributed by atoms with Gasteiger partial charge in [0.05, 0.1) is 6.61 Å². The van der Waals surface area contributed by atoms with Gasteiger partial charge >= 0.3 is 0 Å². The average molecular weight is 139 g/mol. The summed E-state index contributed by atoms with van der Waals surface area (Å²) in [5.41, 5.74) is -0.398. The van der Waals surface area contributed by atoms with Gasteiger partial charge in [0.1, 0.15) is 7.85 Å². The van der Waals surface area contributed by atoms with Crippen LogP contribution in [0.5, 0.6) is 0 Å². The highest BCUT2D eigenvalue weighted by Crippen LogP contribution is 2.13. The lowest BCUT2D eigenvalue weighted by Crippen LogP contribution is -2.29. The van der Waals surface area contributed by atoms with E-state index in [1.165, 1.54) is 0 Å². The quantitative estimate of drug-likeness (QED) is 0.445. The van der Waals surface area contributed by atoms with Crippen LogP contribution >= 0.6 is 0 Å². The van der Waals surface area contributed by atoms with Gasteiger partial charge in [-0.1, -0.05) is 0 Å². The van der Waals surface area contributed by atoms with Crippen molar-refractivity contribution in [1.82, 2.24) is 4.90 Å². The number of likely N-dealkylation sites (N-methyl/N-ethyl adjacent to an activating group) is 1. The second-order valence-electron chi connectivity index (χ2n) is 3.21. The molecule has 0 aromatic heterocycles. The van der Waals surface area contributed by atoms with E-state index in [2.05, 4.69) is 11.9 Å². The van der Waals surface area contributed by atoms with Crippen molar-refractivity contribution in [3.8, 4) is 0 Å². The molecule has 10 heavy (non-hydrogen) atoms. The van der Waals surface area contributed by atoms with E-state index in [0.29, 0.717) is 0 Å². The van der Waals surface area contributed by atoms with Crippen molar-refractivity contribution < 1.29 is 4.74 Å². The van der Waals surface area contributed by atoms with Crippen molar-refractivity contribution in [3.63, 3.8) is 0 Å². The highest BCUT2D eigenvalue weighted by molar-refractivity contribution is 6.14. The lowest BCUT2D eigenvalue weighted by atomic mass is 9.80. The molecule has 1 aliphatic rings. The average Bonchev–Trinajstić information content (AvgIpc) is 1.94. The molecule has 56 valence electrons. The van der Waals surface area contributed by atoms with Crippen LogP contribution in [0.3, 0.4) is 0 Å². The number of rotatable bonds is 0. The molecule has 1 rings (SSSR count). The minimum Gasteiger partial charge on any atom is -0.384 e. The maximum absolute atomic E-state index is 5.79. The molecule has 1 fully saturated rings. The van der Waals surface area contributed by atoms with Crippen LogP contribution in [-0.2, 0) is 4.74 Å². The fourth-order valence-corrected chi connectivity index (χ4v) is 1.03. The van der Waals surface area contributed by atoms with Crippen molar-refractivity contribution in [3.05, 3.63) is 0 Å². The number of hydrogen-bond acceptors (Lipinski definition) is 2. The molecule has 1 heterocycles. The van der Waals surface area contributed by atoms with E-state index >= 15 is 0 Å². The third-order valence-corrected chi connectivity index (χ3v) is 1.89. The molecule has 0 spiro atoms. The van der Waals surface area contributed by atoms with Crippen molar-refractivity contribution >= 4 is 7.85 Å². The van der Waals surface area contributed by atoms with Gasteiger partial charge in [-0.2, -0.15) is 0 Å². The Morgan fingerprint density at radius 2 is 2.20 bits per heavy atom. The molecule has 2 nitrogen and oxygen atoms in total. The Labute approximate surface area is 63.9 Å². The van der Waals surface area contributed by atoms with Gasteiger partial charge in [0.15, 0.2) is 0 Å². The molecule has 2 radical (unpaired) electrons. The summed E-state index contributed by atoms with van der Waals surface area (Å²) in [5, 5.41) is 0. The molecule has 0 aromatic rings. The molecule has 0 aromatic carbocycles. The van der Waals surface area contributed by atoms with Crippen molar-refractivity contribution in [1.29, 1.82) is 0 Å². The first-order chi connectivity index (χ1) is 4.60. The Kier molecular flexibility index (Phi) is 2.37. The fraction of sp³-hybridized carbons (Fsp3) is 1.00. The molecule has 3 heteroatoms. The van der Waals surface area contributed by atoms with Gasteiger partial charge < -0.3 is 9.64 Å². The van der Waals surface area contributed by atoms with Crippen molar-refractivity contribution in [2.45, 2.75) is 18.8 Å². The topological polar surface area (TPSA) is 12.5 Å². The van der Waals surface area contributed by atoms with Crippen LogP contribution in [-0.4, -0.2) is 45.0 Å². The highest BCUT2D eigenvalue weighted by Gasteiger charge is 2.21. The predicted molar refractivity (Wildman–Crippen MR) is 42.2 cm³/mol. The van der Waals surface area contributed by atoms with E-state index in [0.717, 1.165) is 26.1 Å². The van der Waals surface area contributed by atoms with E-state index in [1.807, 2.05) is 6.92 Å². The van der Waals surface area contributed by atoms with E-state index in [-0.39, 0.29) is 0 Å². The molecule has 1 aliphatic heterocycles. The minimum atomic E-state index is -0.398. The molecule has 1 atom stereocenters. The third kappa shape index (κ3) is 2.31. The highest BCUT2D eigenvalue weighted by atomic mass is 16.5. The molecule has 0 saturated carbocycles. The molecule has 1 unspecified atom stereocenters. The standard InChI is InChI=1S/C7H14BNO/c1-7(8)3-4-9(2)5-6-10-7/h3-6H2,1-2H3. The van der Waals surface area contributed by atoms with Crippen LogP contribution < -0.4 is 0 Å². The van der Waals surface area contributed by atoms with E-state index in [4.69, 9.17) is 12.6 Å². The van der Waals surface area contributed by atoms with Crippen molar-refractivity contribution in [2.24, 2.45) is 0 Å². The van der Waals surface area contributed by atoms with Crippen LogP contribution in [0.15, 0.2) is 0 Å². The summed E-state index contributed by atoms with van der Waals surface area (Å²) < 4.78 is 5.40. The van der Waals surface area contributed by atoms with Gasteiger partial charge in [0, 0.05) is 12.0 Å². The van der Waals surface area contributed by atoms with E-state index in [1.54, 1.807) is 0 Å². The van der Waals surface area contributed by atoms with Gasteiger partial charge in [-0.05, 0) is 26.9 Å². The summed E-state index contributed by atoms with van der Waals surface area (Å²) in [6.07, 6.45) is 0.920. The number of ether oxygens (including phenoxy) is 1. The first-order valence-electron chi connectivity index (χ1n) is 3.71. The first kappa shape index (κ1) is 8.09. The van der Waals surface area contributed by atoms with E-state index < -0.39 is 5.50 Å². The molecule has 0 amide bonds. The zero-order valence-corrected chi connectivity index (χ0v) is 6.76. The normalized spacial score (nSPS) is 37.4. The van der Waals surface area contributed by atoms with Gasteiger partial charge in [-0.25, -0.2) is 0 Å².